The summed E-state index contributed by atoms with van der Waals surface area (Å²) in [5.41, 5.74) is 0.831. The van der Waals surface area contributed by atoms with Gasteiger partial charge in [-0.25, -0.2) is 8.78 Å². The highest BCUT2D eigenvalue weighted by Gasteiger charge is 2.26. The van der Waals surface area contributed by atoms with Gasteiger partial charge in [0.1, 0.15) is 0 Å². The fourth-order valence-corrected chi connectivity index (χ4v) is 2.68. The van der Waals surface area contributed by atoms with E-state index in [4.69, 9.17) is 0 Å². The first-order chi connectivity index (χ1) is 10.5. The van der Waals surface area contributed by atoms with E-state index in [9.17, 15) is 18.4 Å². The number of aromatic nitrogens is 1. The summed E-state index contributed by atoms with van der Waals surface area (Å²) in [5.74, 6) is -0.576. The summed E-state index contributed by atoms with van der Waals surface area (Å²) < 4.78 is 25.8. The maximum atomic E-state index is 12.1. The monoisotopic (exact) mass is 313 g/mol. The quantitative estimate of drug-likeness (QED) is 0.881. The Hall–Kier alpha value is -1.76. The summed E-state index contributed by atoms with van der Waals surface area (Å²) in [5, 5.41) is 2.28. The van der Waals surface area contributed by atoms with Crippen molar-refractivity contribution in [2.75, 3.05) is 19.6 Å². The molecular formula is C15H21F2N3O2. The van der Waals surface area contributed by atoms with Crippen molar-refractivity contribution in [2.24, 2.45) is 13.0 Å². The molecule has 2 heterocycles. The fourth-order valence-electron chi connectivity index (χ4n) is 2.68. The number of carbonyl (C=O) groups excluding carboxylic acids is 1. The molecule has 122 valence electrons. The van der Waals surface area contributed by atoms with Crippen LogP contribution in [0.3, 0.4) is 0 Å². The van der Waals surface area contributed by atoms with Crippen LogP contribution in [0.2, 0.25) is 0 Å². The highest BCUT2D eigenvalue weighted by Crippen LogP contribution is 2.18. The SMILES string of the molecule is Cn1ccc(CN2CCCC(C(=O)NCC(F)F)C2)cc1=O. The molecule has 0 aliphatic carbocycles. The van der Waals surface area contributed by atoms with Crippen LogP contribution < -0.4 is 10.9 Å². The lowest BCUT2D eigenvalue weighted by Crippen LogP contribution is -2.43. The number of carbonyl (C=O) groups is 1. The smallest absolute Gasteiger partial charge is 0.255 e. The number of halogens is 2. The maximum absolute atomic E-state index is 12.1. The van der Waals surface area contributed by atoms with Crippen molar-refractivity contribution in [3.05, 3.63) is 34.2 Å². The number of piperidine rings is 1. The number of pyridine rings is 1. The molecule has 1 fully saturated rings. The largest absolute Gasteiger partial charge is 0.350 e. The average Bonchev–Trinajstić information content (AvgIpc) is 2.49. The van der Waals surface area contributed by atoms with Gasteiger partial charge >= 0.3 is 0 Å². The highest BCUT2D eigenvalue weighted by molar-refractivity contribution is 5.78. The molecule has 1 atom stereocenters. The van der Waals surface area contributed by atoms with Gasteiger partial charge in [0, 0.05) is 32.4 Å². The van der Waals surface area contributed by atoms with E-state index in [-0.39, 0.29) is 17.4 Å². The lowest BCUT2D eigenvalue weighted by molar-refractivity contribution is -0.127. The van der Waals surface area contributed by atoms with Gasteiger partial charge in [0.25, 0.3) is 12.0 Å². The number of nitrogens with zero attached hydrogens (tertiary/aromatic N) is 2. The lowest BCUT2D eigenvalue weighted by Gasteiger charge is -2.32. The van der Waals surface area contributed by atoms with Crippen LogP contribution in [-0.2, 0) is 18.4 Å². The molecule has 1 unspecified atom stereocenters. The van der Waals surface area contributed by atoms with Crippen LogP contribution in [0.15, 0.2) is 23.1 Å². The second-order valence-corrected chi connectivity index (χ2v) is 5.69. The summed E-state index contributed by atoms with van der Waals surface area (Å²) >= 11 is 0. The summed E-state index contributed by atoms with van der Waals surface area (Å²) in [4.78, 5) is 25.6. The lowest BCUT2D eigenvalue weighted by atomic mass is 9.96. The number of hydrogen-bond acceptors (Lipinski definition) is 3. The minimum absolute atomic E-state index is 0.0688. The van der Waals surface area contributed by atoms with Gasteiger partial charge in [-0.3, -0.25) is 14.5 Å². The third-order valence-electron chi connectivity index (χ3n) is 3.88. The van der Waals surface area contributed by atoms with E-state index in [1.165, 1.54) is 4.57 Å². The normalized spacial score (nSPS) is 19.4. The highest BCUT2D eigenvalue weighted by atomic mass is 19.3. The molecule has 1 saturated heterocycles. The predicted octanol–water partition coefficient (Wildman–Crippen LogP) is 0.979. The van der Waals surface area contributed by atoms with E-state index in [0.717, 1.165) is 18.5 Å². The van der Waals surface area contributed by atoms with Gasteiger partial charge in [0.15, 0.2) is 0 Å². The first-order valence-electron chi connectivity index (χ1n) is 7.39. The van der Waals surface area contributed by atoms with Gasteiger partial charge in [0.2, 0.25) is 5.91 Å². The number of rotatable bonds is 5. The van der Waals surface area contributed by atoms with Crippen LogP contribution in [0.4, 0.5) is 8.78 Å². The predicted molar refractivity (Wildman–Crippen MR) is 78.7 cm³/mol. The average molecular weight is 313 g/mol. The van der Waals surface area contributed by atoms with Crippen molar-refractivity contribution in [2.45, 2.75) is 25.8 Å². The summed E-state index contributed by atoms with van der Waals surface area (Å²) in [7, 11) is 1.69. The van der Waals surface area contributed by atoms with E-state index in [1.807, 2.05) is 6.07 Å². The van der Waals surface area contributed by atoms with Crippen molar-refractivity contribution >= 4 is 5.91 Å². The summed E-state index contributed by atoms with van der Waals surface area (Å²) in [6, 6.07) is 3.46. The number of aryl methyl sites for hydroxylation is 1. The Morgan fingerprint density at radius 3 is 2.95 bits per heavy atom. The minimum Gasteiger partial charge on any atom is -0.350 e. The van der Waals surface area contributed by atoms with Crippen LogP contribution >= 0.6 is 0 Å². The number of alkyl halides is 2. The summed E-state index contributed by atoms with van der Waals surface area (Å²) in [6.07, 6.45) is 0.748. The standard InChI is InChI=1S/C15H21F2N3O2/c1-19-6-4-11(7-14(19)21)9-20-5-2-3-12(10-20)15(22)18-8-13(16)17/h4,6-7,12-13H,2-3,5,8-10H2,1H3,(H,18,22). The Kier molecular flexibility index (Phi) is 5.65. The molecule has 22 heavy (non-hydrogen) atoms. The molecule has 1 aliphatic heterocycles. The molecule has 2 rings (SSSR count). The molecule has 0 spiro atoms. The van der Waals surface area contributed by atoms with Gasteiger partial charge in [-0.05, 0) is 31.0 Å². The van der Waals surface area contributed by atoms with E-state index in [0.29, 0.717) is 19.5 Å². The van der Waals surface area contributed by atoms with Gasteiger partial charge in [-0.2, -0.15) is 0 Å². The zero-order chi connectivity index (χ0) is 16.1. The molecule has 1 amide bonds. The van der Waals surface area contributed by atoms with Gasteiger partial charge in [-0.15, -0.1) is 0 Å². The van der Waals surface area contributed by atoms with Gasteiger partial charge < -0.3 is 9.88 Å². The molecule has 1 N–H and O–H groups in total. The van der Waals surface area contributed by atoms with E-state index < -0.39 is 13.0 Å². The molecule has 0 saturated carbocycles. The zero-order valence-corrected chi connectivity index (χ0v) is 12.6. The third kappa shape index (κ3) is 4.62. The van der Waals surface area contributed by atoms with Crippen molar-refractivity contribution in [1.29, 1.82) is 0 Å². The van der Waals surface area contributed by atoms with Crippen LogP contribution in [0.1, 0.15) is 18.4 Å². The minimum atomic E-state index is -2.52. The first-order valence-corrected chi connectivity index (χ1v) is 7.39. The Balaban J connectivity index is 1.91. The Labute approximate surface area is 127 Å². The number of likely N-dealkylation sites (tertiary alicyclic amines) is 1. The molecular weight excluding hydrogens is 292 g/mol. The fraction of sp³-hybridized carbons (Fsp3) is 0.600. The number of nitrogens with one attached hydrogen (secondary N) is 1. The number of amides is 1. The molecule has 0 bridgehead atoms. The Bertz CT molecular complexity index is 574. The molecule has 5 nitrogen and oxygen atoms in total. The zero-order valence-electron chi connectivity index (χ0n) is 12.6. The van der Waals surface area contributed by atoms with Crippen LogP contribution in [0.25, 0.3) is 0 Å². The van der Waals surface area contributed by atoms with E-state index in [1.54, 1.807) is 19.3 Å². The van der Waals surface area contributed by atoms with Crippen LogP contribution in [0.5, 0.6) is 0 Å². The molecule has 1 aliphatic rings. The summed E-state index contributed by atoms with van der Waals surface area (Å²) in [6.45, 7) is 1.37. The molecule has 1 aromatic heterocycles. The molecule has 7 heteroatoms. The van der Waals surface area contributed by atoms with E-state index in [2.05, 4.69) is 10.2 Å². The molecule has 0 aromatic carbocycles. The first kappa shape index (κ1) is 16.6. The maximum Gasteiger partial charge on any atom is 0.255 e. The van der Waals surface area contributed by atoms with Crippen molar-refractivity contribution in [3.63, 3.8) is 0 Å². The van der Waals surface area contributed by atoms with Crippen LogP contribution in [-0.4, -0.2) is 41.4 Å². The second kappa shape index (κ2) is 7.49. The Morgan fingerprint density at radius 1 is 1.50 bits per heavy atom. The van der Waals surface area contributed by atoms with E-state index >= 15 is 0 Å². The van der Waals surface area contributed by atoms with Gasteiger partial charge in [0.05, 0.1) is 12.5 Å². The second-order valence-electron chi connectivity index (χ2n) is 5.69. The van der Waals surface area contributed by atoms with Crippen molar-refractivity contribution < 1.29 is 13.6 Å². The Morgan fingerprint density at radius 2 is 2.27 bits per heavy atom. The topological polar surface area (TPSA) is 54.3 Å². The van der Waals surface area contributed by atoms with Crippen molar-refractivity contribution in [1.82, 2.24) is 14.8 Å². The molecule has 1 aromatic rings. The van der Waals surface area contributed by atoms with Crippen molar-refractivity contribution in [3.8, 4) is 0 Å². The van der Waals surface area contributed by atoms with Crippen LogP contribution in [0, 0.1) is 5.92 Å². The number of hydrogen-bond donors (Lipinski definition) is 1. The molecule has 0 radical (unpaired) electrons. The third-order valence-corrected chi connectivity index (χ3v) is 3.88. The van der Waals surface area contributed by atoms with Gasteiger partial charge in [-0.1, -0.05) is 0 Å².